The van der Waals surface area contributed by atoms with Gasteiger partial charge in [-0.15, -0.1) is 0 Å². The Morgan fingerprint density at radius 1 is 1.14 bits per heavy atom. The van der Waals surface area contributed by atoms with Crippen molar-refractivity contribution < 1.29 is 17.2 Å². The van der Waals surface area contributed by atoms with Crippen molar-refractivity contribution in [3.8, 4) is 6.07 Å². The van der Waals surface area contributed by atoms with Gasteiger partial charge in [-0.2, -0.15) is 5.26 Å². The molecule has 2 aromatic carbocycles. The summed E-state index contributed by atoms with van der Waals surface area (Å²) in [5, 5.41) is 8.81. The van der Waals surface area contributed by atoms with E-state index < -0.39 is 21.7 Å². The Morgan fingerprint density at radius 2 is 1.86 bits per heavy atom. The highest BCUT2D eigenvalue weighted by Gasteiger charge is 2.17. The molecule has 0 amide bonds. The summed E-state index contributed by atoms with van der Waals surface area (Å²) >= 11 is 0. The van der Waals surface area contributed by atoms with Crippen molar-refractivity contribution in [1.29, 1.82) is 5.26 Å². The van der Waals surface area contributed by atoms with Crippen LogP contribution in [-0.2, 0) is 10.0 Å². The van der Waals surface area contributed by atoms with Crippen LogP contribution < -0.4 is 4.72 Å². The van der Waals surface area contributed by atoms with Crippen LogP contribution in [0.4, 0.5) is 14.5 Å². The monoisotopic (exact) mass is 308 g/mol. The molecule has 0 spiro atoms. The fourth-order valence-corrected chi connectivity index (χ4v) is 2.86. The molecule has 0 bridgehead atoms. The zero-order chi connectivity index (χ0) is 15.6. The number of anilines is 1. The van der Waals surface area contributed by atoms with Crippen molar-refractivity contribution in [2.45, 2.75) is 11.8 Å². The van der Waals surface area contributed by atoms with Crippen molar-refractivity contribution in [3.63, 3.8) is 0 Å². The van der Waals surface area contributed by atoms with E-state index in [1.165, 1.54) is 18.2 Å². The van der Waals surface area contributed by atoms with E-state index >= 15 is 0 Å². The van der Waals surface area contributed by atoms with Gasteiger partial charge in [0.15, 0.2) is 0 Å². The zero-order valence-corrected chi connectivity index (χ0v) is 11.7. The lowest BCUT2D eigenvalue weighted by molar-refractivity contribution is 0.583. The maximum atomic E-state index is 13.5. The van der Waals surface area contributed by atoms with Crippen LogP contribution in [0.25, 0.3) is 0 Å². The number of nitriles is 1. The zero-order valence-electron chi connectivity index (χ0n) is 10.9. The van der Waals surface area contributed by atoms with E-state index in [0.717, 1.165) is 12.1 Å². The summed E-state index contributed by atoms with van der Waals surface area (Å²) in [6.07, 6.45) is 0. The van der Waals surface area contributed by atoms with Gasteiger partial charge in [0, 0.05) is 6.07 Å². The van der Waals surface area contributed by atoms with Gasteiger partial charge in [-0.05, 0) is 42.8 Å². The molecule has 108 valence electrons. The van der Waals surface area contributed by atoms with Gasteiger partial charge in [0.1, 0.15) is 11.6 Å². The van der Waals surface area contributed by atoms with Gasteiger partial charge in [-0.3, -0.25) is 4.72 Å². The smallest absolute Gasteiger partial charge is 0.261 e. The Morgan fingerprint density at radius 3 is 2.43 bits per heavy atom. The molecule has 0 aliphatic rings. The standard InChI is InChI=1S/C14H10F2N2O2S/c1-9-6-12(4-2-10(9)8-17)21(19,20)18-14-5-3-11(15)7-13(14)16/h2-7,18H,1H3. The molecule has 0 aliphatic carbocycles. The summed E-state index contributed by atoms with van der Waals surface area (Å²) in [6.45, 7) is 1.59. The van der Waals surface area contributed by atoms with E-state index in [1.54, 1.807) is 6.92 Å². The molecule has 0 fully saturated rings. The van der Waals surface area contributed by atoms with Crippen molar-refractivity contribution in [2.24, 2.45) is 0 Å². The summed E-state index contributed by atoms with van der Waals surface area (Å²) in [5.41, 5.74) is 0.486. The van der Waals surface area contributed by atoms with Crippen molar-refractivity contribution in [1.82, 2.24) is 0 Å². The minimum absolute atomic E-state index is 0.109. The number of nitrogens with zero attached hydrogens (tertiary/aromatic N) is 1. The van der Waals surface area contributed by atoms with Gasteiger partial charge in [0.2, 0.25) is 0 Å². The molecule has 21 heavy (non-hydrogen) atoms. The third-order valence-electron chi connectivity index (χ3n) is 2.80. The third kappa shape index (κ3) is 3.17. The molecule has 0 heterocycles. The molecule has 2 aromatic rings. The number of aryl methyl sites for hydroxylation is 1. The van der Waals surface area contributed by atoms with Gasteiger partial charge in [0.05, 0.1) is 22.2 Å². The van der Waals surface area contributed by atoms with E-state index in [4.69, 9.17) is 5.26 Å². The number of benzene rings is 2. The largest absolute Gasteiger partial charge is 0.277 e. The van der Waals surface area contributed by atoms with Crippen LogP contribution in [0, 0.1) is 29.9 Å². The Balaban J connectivity index is 2.39. The van der Waals surface area contributed by atoms with Crippen molar-refractivity contribution in [2.75, 3.05) is 4.72 Å². The lowest BCUT2D eigenvalue weighted by Crippen LogP contribution is -2.14. The first-order valence-electron chi connectivity index (χ1n) is 5.82. The van der Waals surface area contributed by atoms with Crippen molar-refractivity contribution in [3.05, 3.63) is 59.2 Å². The summed E-state index contributed by atoms with van der Waals surface area (Å²) < 4.78 is 52.6. The molecule has 0 aliphatic heterocycles. The number of rotatable bonds is 3. The number of sulfonamides is 1. The van der Waals surface area contributed by atoms with E-state index in [0.29, 0.717) is 17.2 Å². The van der Waals surface area contributed by atoms with E-state index in [1.807, 2.05) is 10.8 Å². The van der Waals surface area contributed by atoms with Gasteiger partial charge in [0.25, 0.3) is 10.0 Å². The second-order valence-corrected chi connectivity index (χ2v) is 6.00. The highest BCUT2D eigenvalue weighted by Crippen LogP contribution is 2.21. The quantitative estimate of drug-likeness (QED) is 0.947. The molecule has 0 radical (unpaired) electrons. The first-order valence-corrected chi connectivity index (χ1v) is 7.30. The predicted molar refractivity (Wildman–Crippen MR) is 73.1 cm³/mol. The summed E-state index contributed by atoms with van der Waals surface area (Å²) in [7, 11) is -4.02. The molecule has 4 nitrogen and oxygen atoms in total. The van der Waals surface area contributed by atoms with Crippen LogP contribution >= 0.6 is 0 Å². The average Bonchev–Trinajstić information content (AvgIpc) is 2.42. The average molecular weight is 308 g/mol. The van der Waals surface area contributed by atoms with E-state index in [9.17, 15) is 17.2 Å². The predicted octanol–water partition coefficient (Wildman–Crippen LogP) is 2.95. The summed E-state index contributed by atoms with van der Waals surface area (Å²) in [4.78, 5) is -0.109. The summed E-state index contributed by atoms with van der Waals surface area (Å²) in [5.74, 6) is -1.81. The maximum Gasteiger partial charge on any atom is 0.261 e. The normalized spacial score (nSPS) is 11.0. The molecule has 0 atom stereocenters. The Labute approximate surface area is 120 Å². The SMILES string of the molecule is Cc1cc(S(=O)(=O)Nc2ccc(F)cc2F)ccc1C#N. The molecule has 2 rings (SSSR count). The van der Waals surface area contributed by atoms with Crippen molar-refractivity contribution >= 4 is 15.7 Å². The number of nitrogens with one attached hydrogen (secondary N) is 1. The first-order chi connectivity index (χ1) is 9.83. The number of hydrogen-bond acceptors (Lipinski definition) is 3. The topological polar surface area (TPSA) is 70.0 Å². The molecule has 0 saturated heterocycles. The molecule has 1 N–H and O–H groups in total. The third-order valence-corrected chi connectivity index (χ3v) is 4.17. The van der Waals surface area contributed by atoms with Gasteiger partial charge in [-0.1, -0.05) is 0 Å². The lowest BCUT2D eigenvalue weighted by Gasteiger charge is -2.10. The van der Waals surface area contributed by atoms with Crippen LogP contribution in [0.15, 0.2) is 41.3 Å². The molecule has 0 unspecified atom stereocenters. The van der Waals surface area contributed by atoms with Gasteiger partial charge >= 0.3 is 0 Å². The molecular formula is C14H10F2N2O2S. The number of halogens is 2. The second kappa shape index (κ2) is 5.50. The van der Waals surface area contributed by atoms with Gasteiger partial charge < -0.3 is 0 Å². The maximum absolute atomic E-state index is 13.5. The highest BCUT2D eigenvalue weighted by molar-refractivity contribution is 7.92. The fraction of sp³-hybridized carbons (Fsp3) is 0.0714. The molecule has 0 saturated carbocycles. The fourth-order valence-electron chi connectivity index (χ4n) is 1.70. The minimum atomic E-state index is -4.02. The van der Waals surface area contributed by atoms with Crippen LogP contribution in [0.1, 0.15) is 11.1 Å². The van der Waals surface area contributed by atoms with Crippen LogP contribution in [0.2, 0.25) is 0 Å². The Bertz CT molecular complexity index is 843. The van der Waals surface area contributed by atoms with E-state index in [-0.39, 0.29) is 10.6 Å². The van der Waals surface area contributed by atoms with Gasteiger partial charge in [-0.25, -0.2) is 17.2 Å². The minimum Gasteiger partial charge on any atom is -0.277 e. The van der Waals surface area contributed by atoms with Crippen LogP contribution in [-0.4, -0.2) is 8.42 Å². The summed E-state index contributed by atoms with van der Waals surface area (Å²) in [6, 6.07) is 8.37. The first kappa shape index (κ1) is 14.9. The van der Waals surface area contributed by atoms with Crippen LogP contribution in [0.5, 0.6) is 0 Å². The van der Waals surface area contributed by atoms with Crippen LogP contribution in [0.3, 0.4) is 0 Å². The molecule has 0 aromatic heterocycles. The number of hydrogen-bond donors (Lipinski definition) is 1. The second-order valence-electron chi connectivity index (χ2n) is 4.32. The lowest BCUT2D eigenvalue weighted by atomic mass is 10.1. The molecule has 7 heteroatoms. The Hall–Kier alpha value is -2.46. The Kier molecular flexibility index (Phi) is 3.91. The molecular weight excluding hydrogens is 298 g/mol. The van der Waals surface area contributed by atoms with E-state index in [2.05, 4.69) is 0 Å². The highest BCUT2D eigenvalue weighted by atomic mass is 32.2.